The fraction of sp³-hybridized carbons (Fsp3) is 0.250. The number of hydrogen-bond donors (Lipinski definition) is 1. The van der Waals surface area contributed by atoms with Crippen LogP contribution in [0.3, 0.4) is 0 Å². The van der Waals surface area contributed by atoms with Gasteiger partial charge >= 0.3 is 0 Å². The highest BCUT2D eigenvalue weighted by Crippen LogP contribution is 2.33. The van der Waals surface area contributed by atoms with Gasteiger partial charge in [-0.1, -0.05) is 55.3 Å². The summed E-state index contributed by atoms with van der Waals surface area (Å²) in [5, 5.41) is 15.5. The van der Waals surface area contributed by atoms with E-state index in [0.29, 0.717) is 0 Å². The molecule has 0 amide bonds. The van der Waals surface area contributed by atoms with Crippen molar-refractivity contribution < 1.29 is 5.11 Å². The van der Waals surface area contributed by atoms with Crippen LogP contribution in [-0.4, -0.2) is 14.9 Å². The Bertz CT molecular complexity index is 833. The van der Waals surface area contributed by atoms with E-state index in [2.05, 4.69) is 32.0 Å². The van der Waals surface area contributed by atoms with Gasteiger partial charge in [0.2, 0.25) is 5.88 Å². The maximum absolute atomic E-state index is 10.7. The number of para-hydroxylation sites is 1. The van der Waals surface area contributed by atoms with Crippen LogP contribution in [0.5, 0.6) is 5.88 Å². The van der Waals surface area contributed by atoms with E-state index in [1.54, 1.807) is 4.68 Å². The molecule has 0 radical (unpaired) electrons. The van der Waals surface area contributed by atoms with Gasteiger partial charge in [0.15, 0.2) is 0 Å². The molecule has 0 saturated heterocycles. The molecule has 0 spiro atoms. The van der Waals surface area contributed by atoms with Gasteiger partial charge in [-0.25, -0.2) is 4.68 Å². The summed E-state index contributed by atoms with van der Waals surface area (Å²) in [7, 11) is 0. The maximum Gasteiger partial charge on any atom is 0.218 e. The molecule has 3 heteroatoms. The van der Waals surface area contributed by atoms with Gasteiger partial charge in [0.05, 0.1) is 11.4 Å². The molecule has 1 heterocycles. The van der Waals surface area contributed by atoms with Gasteiger partial charge in [0.1, 0.15) is 0 Å². The van der Waals surface area contributed by atoms with Crippen molar-refractivity contribution >= 4 is 0 Å². The van der Waals surface area contributed by atoms with E-state index in [0.717, 1.165) is 40.9 Å². The fourth-order valence-electron chi connectivity index (χ4n) is 2.92. The monoisotopic (exact) mass is 306 g/mol. The lowest BCUT2D eigenvalue weighted by Crippen LogP contribution is -1.98. The Morgan fingerprint density at radius 2 is 1.83 bits per heavy atom. The predicted molar refractivity (Wildman–Crippen MR) is 94.1 cm³/mol. The summed E-state index contributed by atoms with van der Waals surface area (Å²) in [4.78, 5) is 0. The van der Waals surface area contributed by atoms with Gasteiger partial charge < -0.3 is 5.11 Å². The van der Waals surface area contributed by atoms with E-state index >= 15 is 0 Å². The zero-order chi connectivity index (χ0) is 16.4. The van der Waals surface area contributed by atoms with Gasteiger partial charge in [0.25, 0.3) is 0 Å². The smallest absolute Gasteiger partial charge is 0.218 e. The third-order valence-electron chi connectivity index (χ3n) is 4.09. The molecule has 0 saturated carbocycles. The standard InChI is InChI=1S/C20H22N2O/c1-4-8-17-19(16-11-7-9-14(2)13-16)21-22(20(17)23)18-12-6-5-10-15(18)3/h5-7,9-13,23H,4,8H2,1-3H3. The molecule has 0 bridgehead atoms. The second-order valence-corrected chi connectivity index (χ2v) is 5.97. The highest BCUT2D eigenvalue weighted by Gasteiger charge is 2.19. The molecular weight excluding hydrogens is 284 g/mol. The molecule has 0 fully saturated rings. The molecule has 0 unspecified atom stereocenters. The predicted octanol–water partition coefficient (Wildman–Crippen LogP) is 4.81. The van der Waals surface area contributed by atoms with E-state index in [1.807, 2.05) is 37.3 Å². The van der Waals surface area contributed by atoms with Crippen LogP contribution in [0.25, 0.3) is 16.9 Å². The van der Waals surface area contributed by atoms with Crippen LogP contribution >= 0.6 is 0 Å². The van der Waals surface area contributed by atoms with Gasteiger partial charge in [-0.05, 0) is 38.0 Å². The maximum atomic E-state index is 10.7. The molecule has 1 N–H and O–H groups in total. The van der Waals surface area contributed by atoms with Crippen molar-refractivity contribution in [3.8, 4) is 22.8 Å². The molecule has 23 heavy (non-hydrogen) atoms. The highest BCUT2D eigenvalue weighted by atomic mass is 16.3. The van der Waals surface area contributed by atoms with Crippen LogP contribution in [0.15, 0.2) is 48.5 Å². The van der Waals surface area contributed by atoms with Crippen molar-refractivity contribution in [2.75, 3.05) is 0 Å². The third kappa shape index (κ3) is 2.87. The topological polar surface area (TPSA) is 38.0 Å². The number of nitrogens with zero attached hydrogens (tertiary/aromatic N) is 2. The molecule has 0 aliphatic heterocycles. The minimum Gasteiger partial charge on any atom is -0.493 e. The molecule has 3 rings (SSSR count). The molecular formula is C20H22N2O. The number of rotatable bonds is 4. The number of benzene rings is 2. The number of hydrogen-bond acceptors (Lipinski definition) is 2. The van der Waals surface area contributed by atoms with Gasteiger partial charge in [0, 0.05) is 11.1 Å². The van der Waals surface area contributed by atoms with Crippen molar-refractivity contribution in [2.45, 2.75) is 33.6 Å². The molecule has 0 aliphatic carbocycles. The van der Waals surface area contributed by atoms with Gasteiger partial charge in [-0.2, -0.15) is 5.10 Å². The molecule has 3 nitrogen and oxygen atoms in total. The van der Waals surface area contributed by atoms with Crippen LogP contribution in [0, 0.1) is 13.8 Å². The molecule has 1 aromatic heterocycles. The lowest BCUT2D eigenvalue weighted by atomic mass is 10.0. The first-order chi connectivity index (χ1) is 11.1. The lowest BCUT2D eigenvalue weighted by molar-refractivity contribution is 0.427. The summed E-state index contributed by atoms with van der Waals surface area (Å²) >= 11 is 0. The Kier molecular flexibility index (Phi) is 4.20. The van der Waals surface area contributed by atoms with Crippen molar-refractivity contribution in [3.63, 3.8) is 0 Å². The van der Waals surface area contributed by atoms with Crippen molar-refractivity contribution in [2.24, 2.45) is 0 Å². The lowest BCUT2D eigenvalue weighted by Gasteiger charge is -2.06. The number of aryl methyl sites for hydroxylation is 2. The Morgan fingerprint density at radius 1 is 1.04 bits per heavy atom. The van der Waals surface area contributed by atoms with Crippen LogP contribution in [-0.2, 0) is 6.42 Å². The highest BCUT2D eigenvalue weighted by molar-refractivity contribution is 5.67. The minimum absolute atomic E-state index is 0.248. The van der Waals surface area contributed by atoms with Crippen molar-refractivity contribution in [1.82, 2.24) is 9.78 Å². The normalized spacial score (nSPS) is 10.9. The number of aromatic hydroxyl groups is 1. The van der Waals surface area contributed by atoms with E-state index in [1.165, 1.54) is 5.56 Å². The van der Waals surface area contributed by atoms with Crippen molar-refractivity contribution in [3.05, 3.63) is 65.2 Å². The molecule has 118 valence electrons. The minimum atomic E-state index is 0.248. The van der Waals surface area contributed by atoms with E-state index < -0.39 is 0 Å². The molecule has 3 aromatic rings. The van der Waals surface area contributed by atoms with Gasteiger partial charge in [-0.3, -0.25) is 0 Å². The summed E-state index contributed by atoms with van der Waals surface area (Å²) in [6.45, 7) is 6.22. The van der Waals surface area contributed by atoms with Crippen LogP contribution in [0.2, 0.25) is 0 Å². The quantitative estimate of drug-likeness (QED) is 0.751. The summed E-state index contributed by atoms with van der Waals surface area (Å²) in [6.07, 6.45) is 1.77. The first-order valence-electron chi connectivity index (χ1n) is 8.05. The van der Waals surface area contributed by atoms with E-state index in [9.17, 15) is 5.11 Å². The van der Waals surface area contributed by atoms with Crippen molar-refractivity contribution in [1.29, 1.82) is 0 Å². The zero-order valence-corrected chi connectivity index (χ0v) is 13.9. The van der Waals surface area contributed by atoms with Crippen LogP contribution < -0.4 is 0 Å². The Balaban J connectivity index is 2.21. The molecule has 0 aliphatic rings. The summed E-state index contributed by atoms with van der Waals surface area (Å²) < 4.78 is 1.66. The average Bonchev–Trinajstić information content (AvgIpc) is 2.86. The first-order valence-corrected chi connectivity index (χ1v) is 8.05. The Morgan fingerprint density at radius 3 is 2.52 bits per heavy atom. The first kappa shape index (κ1) is 15.3. The third-order valence-corrected chi connectivity index (χ3v) is 4.09. The van der Waals surface area contributed by atoms with E-state index in [-0.39, 0.29) is 5.88 Å². The SMILES string of the molecule is CCCc1c(-c2cccc(C)c2)nn(-c2ccccc2C)c1O. The van der Waals surface area contributed by atoms with E-state index in [4.69, 9.17) is 5.10 Å². The second kappa shape index (κ2) is 6.29. The Labute approximate surface area is 137 Å². The largest absolute Gasteiger partial charge is 0.493 e. The summed E-state index contributed by atoms with van der Waals surface area (Å²) in [5.74, 6) is 0.248. The fourth-order valence-corrected chi connectivity index (χ4v) is 2.92. The van der Waals surface area contributed by atoms with Crippen LogP contribution in [0.1, 0.15) is 30.0 Å². The molecule has 0 atom stereocenters. The summed E-state index contributed by atoms with van der Waals surface area (Å²) in [6, 6.07) is 16.2. The Hall–Kier alpha value is -2.55. The zero-order valence-electron chi connectivity index (χ0n) is 13.9. The number of aromatic nitrogens is 2. The second-order valence-electron chi connectivity index (χ2n) is 5.97. The average molecular weight is 306 g/mol. The molecule has 2 aromatic carbocycles. The van der Waals surface area contributed by atoms with Gasteiger partial charge in [-0.15, -0.1) is 0 Å². The van der Waals surface area contributed by atoms with Crippen LogP contribution in [0.4, 0.5) is 0 Å². The summed E-state index contributed by atoms with van der Waals surface area (Å²) in [5.41, 5.74) is 6.04.